The summed E-state index contributed by atoms with van der Waals surface area (Å²) in [5, 5.41) is 4.03. The van der Waals surface area contributed by atoms with Gasteiger partial charge in [-0.15, -0.1) is 24.2 Å². The number of thioether (sulfide) groups is 1. The van der Waals surface area contributed by atoms with E-state index in [1.165, 1.54) is 11.8 Å². The van der Waals surface area contributed by atoms with E-state index < -0.39 is 9.84 Å². The van der Waals surface area contributed by atoms with Gasteiger partial charge >= 0.3 is 0 Å². The van der Waals surface area contributed by atoms with Crippen molar-refractivity contribution in [2.45, 2.75) is 17.7 Å². The molecule has 140 valence electrons. The Morgan fingerprint density at radius 2 is 2.20 bits per heavy atom. The van der Waals surface area contributed by atoms with Crippen LogP contribution in [0.2, 0.25) is 5.02 Å². The lowest BCUT2D eigenvalue weighted by Gasteiger charge is -2.36. The lowest BCUT2D eigenvalue weighted by Crippen LogP contribution is -2.49. The predicted octanol–water partition coefficient (Wildman–Crippen LogP) is 2.15. The first-order valence-corrected chi connectivity index (χ1v) is 11.3. The maximum Gasteiger partial charge on any atom is 0.233 e. The highest BCUT2D eigenvalue weighted by Crippen LogP contribution is 2.28. The zero-order chi connectivity index (χ0) is 17.2. The quantitative estimate of drug-likeness (QED) is 0.801. The Balaban J connectivity index is 0.00000225. The van der Waals surface area contributed by atoms with Crippen molar-refractivity contribution in [2.24, 2.45) is 0 Å². The van der Waals surface area contributed by atoms with E-state index in [4.69, 9.17) is 11.6 Å². The van der Waals surface area contributed by atoms with Crippen LogP contribution in [-0.4, -0.2) is 61.4 Å². The number of nitrogens with one attached hydrogen (secondary N) is 1. The second-order valence-corrected chi connectivity index (χ2v) is 10.2. The third kappa shape index (κ3) is 5.50. The Kier molecular flexibility index (Phi) is 7.46. The molecule has 1 aromatic rings. The molecule has 0 bridgehead atoms. The molecular formula is C16H22Cl2N2O3S2. The first-order valence-electron chi connectivity index (χ1n) is 8.02. The molecule has 25 heavy (non-hydrogen) atoms. The molecule has 9 heteroatoms. The molecule has 2 unspecified atom stereocenters. The number of amides is 1. The smallest absolute Gasteiger partial charge is 0.233 e. The van der Waals surface area contributed by atoms with Gasteiger partial charge in [0.05, 0.1) is 23.3 Å². The molecule has 3 rings (SSSR count). The van der Waals surface area contributed by atoms with Crippen LogP contribution in [0, 0.1) is 0 Å². The molecule has 1 aromatic carbocycles. The minimum atomic E-state index is -2.90. The number of nitrogens with zero attached hydrogens (tertiary/aromatic N) is 1. The minimum absolute atomic E-state index is 0. The summed E-state index contributed by atoms with van der Waals surface area (Å²) in [7, 11) is -2.90. The lowest BCUT2D eigenvalue weighted by atomic mass is 10.0. The van der Waals surface area contributed by atoms with Crippen LogP contribution >= 0.6 is 35.8 Å². The van der Waals surface area contributed by atoms with E-state index in [1.54, 1.807) is 0 Å². The van der Waals surface area contributed by atoms with E-state index in [0.29, 0.717) is 30.3 Å². The molecule has 0 aromatic heterocycles. The number of halogens is 2. The molecule has 1 N–H and O–H groups in total. The summed E-state index contributed by atoms with van der Waals surface area (Å²) in [6, 6.07) is 7.58. The molecule has 0 spiro atoms. The summed E-state index contributed by atoms with van der Waals surface area (Å²) in [6.07, 6.45) is 0.652. The van der Waals surface area contributed by atoms with E-state index in [2.05, 4.69) is 5.32 Å². The van der Waals surface area contributed by atoms with Crippen molar-refractivity contribution in [1.29, 1.82) is 0 Å². The number of sulfone groups is 1. The van der Waals surface area contributed by atoms with Crippen LogP contribution in [0.4, 0.5) is 0 Å². The normalized spacial score (nSPS) is 25.4. The van der Waals surface area contributed by atoms with Crippen LogP contribution in [0.15, 0.2) is 24.3 Å². The number of hydrogen-bond acceptors (Lipinski definition) is 5. The van der Waals surface area contributed by atoms with E-state index >= 15 is 0 Å². The Morgan fingerprint density at radius 1 is 1.40 bits per heavy atom. The van der Waals surface area contributed by atoms with Gasteiger partial charge in [-0.1, -0.05) is 23.7 Å². The molecule has 0 radical (unpaired) electrons. The largest absolute Gasteiger partial charge is 0.332 e. The number of benzene rings is 1. The van der Waals surface area contributed by atoms with Crippen LogP contribution in [0.3, 0.4) is 0 Å². The molecule has 0 aliphatic carbocycles. The topological polar surface area (TPSA) is 66.5 Å². The van der Waals surface area contributed by atoms with Crippen molar-refractivity contribution in [3.63, 3.8) is 0 Å². The maximum absolute atomic E-state index is 12.7. The SMILES string of the molecule is Cl.O=C(CSC1CCS(=O)(=O)C1)N1CCNCC1c1cccc(Cl)c1. The van der Waals surface area contributed by atoms with Crippen molar-refractivity contribution >= 4 is 51.5 Å². The van der Waals surface area contributed by atoms with Crippen LogP contribution in [0.25, 0.3) is 0 Å². The summed E-state index contributed by atoms with van der Waals surface area (Å²) in [5.74, 6) is 0.842. The highest BCUT2D eigenvalue weighted by Gasteiger charge is 2.31. The first kappa shape index (κ1) is 20.8. The minimum Gasteiger partial charge on any atom is -0.332 e. The maximum atomic E-state index is 12.7. The fourth-order valence-corrected chi connectivity index (χ4v) is 6.91. The van der Waals surface area contributed by atoms with E-state index in [1.807, 2.05) is 29.2 Å². The Hall–Kier alpha value is -0.470. The van der Waals surface area contributed by atoms with Crippen molar-refractivity contribution in [1.82, 2.24) is 10.2 Å². The number of carbonyl (C=O) groups is 1. The Morgan fingerprint density at radius 3 is 2.88 bits per heavy atom. The third-order valence-electron chi connectivity index (χ3n) is 4.43. The van der Waals surface area contributed by atoms with Crippen molar-refractivity contribution < 1.29 is 13.2 Å². The van der Waals surface area contributed by atoms with E-state index in [-0.39, 0.29) is 41.1 Å². The molecule has 2 atom stereocenters. The van der Waals surface area contributed by atoms with Gasteiger partial charge in [0.1, 0.15) is 0 Å². The molecular weight excluding hydrogens is 403 g/mol. The average molecular weight is 425 g/mol. The fraction of sp³-hybridized carbons (Fsp3) is 0.562. The van der Waals surface area contributed by atoms with Gasteiger partial charge < -0.3 is 10.2 Å². The molecule has 2 heterocycles. The fourth-order valence-electron chi connectivity index (χ4n) is 3.18. The average Bonchev–Trinajstić information content (AvgIpc) is 2.92. The van der Waals surface area contributed by atoms with Crippen LogP contribution < -0.4 is 5.32 Å². The van der Waals surface area contributed by atoms with E-state index in [0.717, 1.165) is 12.1 Å². The molecule has 2 fully saturated rings. The summed E-state index contributed by atoms with van der Waals surface area (Å²) >= 11 is 7.55. The molecule has 1 amide bonds. The second kappa shape index (κ2) is 8.95. The van der Waals surface area contributed by atoms with Gasteiger partial charge in [-0.05, 0) is 24.1 Å². The first-order chi connectivity index (χ1) is 11.4. The lowest BCUT2D eigenvalue weighted by molar-refractivity contribution is -0.131. The molecule has 5 nitrogen and oxygen atoms in total. The number of hydrogen-bond donors (Lipinski definition) is 1. The van der Waals surface area contributed by atoms with Gasteiger partial charge in [0.25, 0.3) is 0 Å². The third-order valence-corrected chi connectivity index (χ3v) is 7.93. The van der Waals surface area contributed by atoms with Crippen LogP contribution in [0.5, 0.6) is 0 Å². The van der Waals surface area contributed by atoms with Gasteiger partial charge in [0, 0.05) is 29.9 Å². The Labute approximate surface area is 164 Å². The second-order valence-electron chi connectivity index (χ2n) is 6.20. The highest BCUT2D eigenvalue weighted by molar-refractivity contribution is 8.02. The number of piperazine rings is 1. The standard InChI is InChI=1S/C16H21ClN2O3S2.ClH/c17-13-3-1-2-12(8-13)15-9-18-5-6-19(15)16(20)10-23-14-4-7-24(21,22)11-14;/h1-3,8,14-15,18H,4-7,9-11H2;1H. The Bertz CT molecular complexity index is 715. The van der Waals surface area contributed by atoms with Gasteiger partial charge in [-0.2, -0.15) is 0 Å². The van der Waals surface area contributed by atoms with Gasteiger partial charge in [-0.25, -0.2) is 8.42 Å². The highest BCUT2D eigenvalue weighted by atomic mass is 35.5. The summed E-state index contributed by atoms with van der Waals surface area (Å²) < 4.78 is 23.1. The van der Waals surface area contributed by atoms with Crippen LogP contribution in [-0.2, 0) is 14.6 Å². The zero-order valence-electron chi connectivity index (χ0n) is 13.7. The number of carbonyl (C=O) groups excluding carboxylic acids is 1. The summed E-state index contributed by atoms with van der Waals surface area (Å²) in [6.45, 7) is 2.12. The summed E-state index contributed by atoms with van der Waals surface area (Å²) in [4.78, 5) is 14.6. The molecule has 2 aliphatic heterocycles. The predicted molar refractivity (Wildman–Crippen MR) is 106 cm³/mol. The van der Waals surface area contributed by atoms with Crippen LogP contribution in [0.1, 0.15) is 18.0 Å². The summed E-state index contributed by atoms with van der Waals surface area (Å²) in [5.41, 5.74) is 1.02. The van der Waals surface area contributed by atoms with Gasteiger partial charge in [0.15, 0.2) is 9.84 Å². The van der Waals surface area contributed by atoms with Crippen molar-refractivity contribution in [2.75, 3.05) is 36.9 Å². The molecule has 2 saturated heterocycles. The molecule has 2 aliphatic rings. The van der Waals surface area contributed by atoms with Gasteiger partial charge in [-0.3, -0.25) is 4.79 Å². The monoisotopic (exact) mass is 424 g/mol. The van der Waals surface area contributed by atoms with Gasteiger partial charge in [0.2, 0.25) is 5.91 Å². The number of rotatable bonds is 4. The molecule has 0 saturated carbocycles. The van der Waals surface area contributed by atoms with Crippen molar-refractivity contribution in [3.8, 4) is 0 Å². The van der Waals surface area contributed by atoms with E-state index in [9.17, 15) is 13.2 Å². The zero-order valence-corrected chi connectivity index (χ0v) is 16.9. The van der Waals surface area contributed by atoms with Crippen molar-refractivity contribution in [3.05, 3.63) is 34.9 Å².